The van der Waals surface area contributed by atoms with Gasteiger partial charge in [0.05, 0.1) is 6.54 Å². The molecule has 0 unspecified atom stereocenters. The van der Waals surface area contributed by atoms with Crippen molar-refractivity contribution in [2.45, 2.75) is 20.1 Å². The monoisotopic (exact) mass is 442 g/mol. The molecule has 0 saturated carbocycles. The molecule has 6 nitrogen and oxygen atoms in total. The molecular formula is C27H26N2O4. The number of amides is 2. The first kappa shape index (κ1) is 22.1. The van der Waals surface area contributed by atoms with Crippen LogP contribution in [0.25, 0.3) is 11.0 Å². The standard InChI is InChI=1S/C27H26N2O4/c1-2-29(18-20-11-5-3-6-12-20)25(30)17-28-27(31)26-23(19-32-21-13-7-4-8-14-21)22-15-9-10-16-24(22)33-26/h3-16H,2,17-19H2,1H3,(H,28,31). The van der Waals surface area contributed by atoms with Gasteiger partial charge in [0.15, 0.2) is 5.76 Å². The summed E-state index contributed by atoms with van der Waals surface area (Å²) in [6, 6.07) is 26.6. The smallest absolute Gasteiger partial charge is 0.287 e. The highest BCUT2D eigenvalue weighted by Gasteiger charge is 2.22. The first-order valence-electron chi connectivity index (χ1n) is 10.9. The molecule has 4 aromatic rings. The van der Waals surface area contributed by atoms with E-state index in [2.05, 4.69) is 5.32 Å². The van der Waals surface area contributed by atoms with Crippen LogP contribution in [-0.2, 0) is 17.9 Å². The average Bonchev–Trinajstić information content (AvgIpc) is 3.24. The molecule has 0 saturated heterocycles. The average molecular weight is 443 g/mol. The van der Waals surface area contributed by atoms with Crippen molar-refractivity contribution < 1.29 is 18.7 Å². The minimum Gasteiger partial charge on any atom is -0.489 e. The quantitative estimate of drug-likeness (QED) is 0.405. The largest absolute Gasteiger partial charge is 0.489 e. The van der Waals surface area contributed by atoms with Crippen LogP contribution in [0, 0.1) is 0 Å². The second-order valence-electron chi connectivity index (χ2n) is 7.58. The first-order chi connectivity index (χ1) is 16.2. The molecule has 1 N–H and O–H groups in total. The molecule has 0 radical (unpaired) electrons. The van der Waals surface area contributed by atoms with Crippen LogP contribution in [0.4, 0.5) is 0 Å². The van der Waals surface area contributed by atoms with Gasteiger partial charge < -0.3 is 19.4 Å². The third-order valence-corrected chi connectivity index (χ3v) is 5.38. The molecule has 0 aliphatic heterocycles. The van der Waals surface area contributed by atoms with E-state index >= 15 is 0 Å². The van der Waals surface area contributed by atoms with Gasteiger partial charge in [-0.15, -0.1) is 0 Å². The Bertz CT molecular complexity index is 1220. The number of nitrogens with zero attached hydrogens (tertiary/aromatic N) is 1. The van der Waals surface area contributed by atoms with Gasteiger partial charge in [-0.1, -0.05) is 66.7 Å². The van der Waals surface area contributed by atoms with Crippen LogP contribution in [0.15, 0.2) is 89.3 Å². The summed E-state index contributed by atoms with van der Waals surface area (Å²) < 4.78 is 11.7. The number of likely N-dealkylation sites (N-methyl/N-ethyl adjacent to an activating group) is 1. The fourth-order valence-electron chi connectivity index (χ4n) is 3.63. The predicted octanol–water partition coefficient (Wildman–Crippen LogP) is 4.79. The number of furan rings is 1. The van der Waals surface area contributed by atoms with Crippen molar-refractivity contribution in [3.8, 4) is 5.75 Å². The number of hydrogen-bond acceptors (Lipinski definition) is 4. The number of nitrogens with one attached hydrogen (secondary N) is 1. The third kappa shape index (κ3) is 5.41. The lowest BCUT2D eigenvalue weighted by Gasteiger charge is -2.21. The van der Waals surface area contributed by atoms with Crippen LogP contribution in [0.2, 0.25) is 0 Å². The Hall–Kier alpha value is -4.06. The van der Waals surface area contributed by atoms with Crippen molar-refractivity contribution in [2.24, 2.45) is 0 Å². The number of ether oxygens (including phenoxy) is 1. The van der Waals surface area contributed by atoms with Gasteiger partial charge in [-0.05, 0) is 30.7 Å². The Balaban J connectivity index is 1.46. The number of benzene rings is 3. The van der Waals surface area contributed by atoms with Gasteiger partial charge in [0.1, 0.15) is 17.9 Å². The Morgan fingerprint density at radius 2 is 1.58 bits per heavy atom. The summed E-state index contributed by atoms with van der Waals surface area (Å²) in [6.45, 7) is 3.01. The highest BCUT2D eigenvalue weighted by molar-refractivity contribution is 6.00. The molecule has 0 aliphatic carbocycles. The van der Waals surface area contributed by atoms with Crippen molar-refractivity contribution in [1.29, 1.82) is 0 Å². The molecule has 0 atom stereocenters. The van der Waals surface area contributed by atoms with Gasteiger partial charge in [0, 0.05) is 24.0 Å². The van der Waals surface area contributed by atoms with Gasteiger partial charge >= 0.3 is 0 Å². The molecule has 4 rings (SSSR count). The van der Waals surface area contributed by atoms with E-state index < -0.39 is 5.91 Å². The molecule has 0 fully saturated rings. The topological polar surface area (TPSA) is 71.8 Å². The minimum absolute atomic E-state index is 0.116. The molecule has 1 heterocycles. The number of fused-ring (bicyclic) bond motifs is 1. The molecule has 6 heteroatoms. The van der Waals surface area contributed by atoms with Crippen molar-refractivity contribution in [1.82, 2.24) is 10.2 Å². The van der Waals surface area contributed by atoms with Crippen molar-refractivity contribution in [3.05, 3.63) is 102 Å². The van der Waals surface area contributed by atoms with Gasteiger partial charge in [-0.3, -0.25) is 9.59 Å². The van der Waals surface area contributed by atoms with Gasteiger partial charge in [-0.2, -0.15) is 0 Å². The Kier molecular flexibility index (Phi) is 7.05. The Morgan fingerprint density at radius 1 is 0.909 bits per heavy atom. The maximum atomic E-state index is 13.0. The lowest BCUT2D eigenvalue weighted by atomic mass is 10.1. The number of para-hydroxylation sites is 2. The van der Waals surface area contributed by atoms with Crippen LogP contribution in [-0.4, -0.2) is 29.8 Å². The minimum atomic E-state index is -0.443. The van der Waals surface area contributed by atoms with Crippen molar-refractivity contribution in [2.75, 3.05) is 13.1 Å². The number of rotatable bonds is 9. The van der Waals surface area contributed by atoms with Gasteiger partial charge in [-0.25, -0.2) is 0 Å². The summed E-state index contributed by atoms with van der Waals surface area (Å²) in [4.78, 5) is 27.4. The molecule has 0 aliphatic rings. The molecule has 2 amide bonds. The lowest BCUT2D eigenvalue weighted by molar-refractivity contribution is -0.130. The second kappa shape index (κ2) is 10.5. The summed E-state index contributed by atoms with van der Waals surface area (Å²) in [7, 11) is 0. The molecule has 33 heavy (non-hydrogen) atoms. The molecule has 168 valence electrons. The Labute approximate surface area is 192 Å². The highest BCUT2D eigenvalue weighted by atomic mass is 16.5. The number of hydrogen-bond donors (Lipinski definition) is 1. The van der Waals surface area contributed by atoms with Crippen molar-refractivity contribution in [3.63, 3.8) is 0 Å². The Morgan fingerprint density at radius 3 is 2.30 bits per heavy atom. The van der Waals surface area contributed by atoms with E-state index in [0.717, 1.165) is 10.9 Å². The summed E-state index contributed by atoms with van der Waals surface area (Å²) in [5, 5.41) is 3.53. The zero-order valence-electron chi connectivity index (χ0n) is 18.5. The third-order valence-electron chi connectivity index (χ3n) is 5.38. The van der Waals surface area contributed by atoms with Crippen LogP contribution in [0.1, 0.15) is 28.6 Å². The van der Waals surface area contributed by atoms with E-state index in [1.54, 1.807) is 4.90 Å². The molecule has 0 spiro atoms. The fraction of sp³-hybridized carbons (Fsp3) is 0.185. The van der Waals surface area contributed by atoms with E-state index in [1.165, 1.54) is 0 Å². The highest BCUT2D eigenvalue weighted by Crippen LogP contribution is 2.27. The second-order valence-corrected chi connectivity index (χ2v) is 7.58. The lowest BCUT2D eigenvalue weighted by Crippen LogP contribution is -2.39. The normalized spacial score (nSPS) is 10.7. The van der Waals surface area contributed by atoms with E-state index in [-0.39, 0.29) is 24.8 Å². The SMILES string of the molecule is CCN(Cc1ccccc1)C(=O)CNC(=O)c1oc2ccccc2c1COc1ccccc1. The molecular weight excluding hydrogens is 416 g/mol. The predicted molar refractivity (Wildman–Crippen MR) is 127 cm³/mol. The zero-order chi connectivity index (χ0) is 23.0. The molecule has 3 aromatic carbocycles. The van der Waals surface area contributed by atoms with E-state index in [4.69, 9.17) is 9.15 Å². The maximum absolute atomic E-state index is 13.0. The van der Waals surface area contributed by atoms with Crippen LogP contribution in [0.5, 0.6) is 5.75 Å². The summed E-state index contributed by atoms with van der Waals surface area (Å²) in [6.07, 6.45) is 0. The first-order valence-corrected chi connectivity index (χ1v) is 10.9. The number of carbonyl (C=O) groups excluding carboxylic acids is 2. The van der Waals surface area contributed by atoms with Crippen LogP contribution < -0.4 is 10.1 Å². The summed E-state index contributed by atoms with van der Waals surface area (Å²) in [5.41, 5.74) is 2.28. The van der Waals surface area contributed by atoms with Gasteiger partial charge in [0.2, 0.25) is 5.91 Å². The van der Waals surface area contributed by atoms with Crippen LogP contribution in [0.3, 0.4) is 0 Å². The van der Waals surface area contributed by atoms with Gasteiger partial charge in [0.25, 0.3) is 5.91 Å². The maximum Gasteiger partial charge on any atom is 0.287 e. The zero-order valence-corrected chi connectivity index (χ0v) is 18.5. The molecule has 1 aromatic heterocycles. The fourth-order valence-corrected chi connectivity index (χ4v) is 3.63. The van der Waals surface area contributed by atoms with E-state index in [0.29, 0.717) is 30.0 Å². The summed E-state index contributed by atoms with van der Waals surface area (Å²) in [5.74, 6) is 0.254. The van der Waals surface area contributed by atoms with Crippen LogP contribution >= 0.6 is 0 Å². The summed E-state index contributed by atoms with van der Waals surface area (Å²) >= 11 is 0. The molecule has 0 bridgehead atoms. The number of carbonyl (C=O) groups is 2. The van der Waals surface area contributed by atoms with E-state index in [9.17, 15) is 9.59 Å². The van der Waals surface area contributed by atoms with Crippen molar-refractivity contribution >= 4 is 22.8 Å². The van der Waals surface area contributed by atoms with E-state index in [1.807, 2.05) is 91.9 Å².